The van der Waals surface area contributed by atoms with Crippen LogP contribution in [0.5, 0.6) is 0 Å². The summed E-state index contributed by atoms with van der Waals surface area (Å²) in [6, 6.07) is 7.05. The summed E-state index contributed by atoms with van der Waals surface area (Å²) in [6.45, 7) is 0. The van der Waals surface area contributed by atoms with E-state index in [9.17, 15) is 9.59 Å². The fourth-order valence-corrected chi connectivity index (χ4v) is 2.15. The molecule has 90 valence electrons. The highest BCUT2D eigenvalue weighted by Gasteiger charge is 2.15. The highest BCUT2D eigenvalue weighted by molar-refractivity contribution is 7.71. The number of carbonyl (C=O) groups is 1. The summed E-state index contributed by atoms with van der Waals surface area (Å²) >= 11 is 5.10. The zero-order valence-corrected chi connectivity index (χ0v) is 9.77. The van der Waals surface area contributed by atoms with Gasteiger partial charge in [0.25, 0.3) is 5.56 Å². The first kappa shape index (κ1) is 10.7. The van der Waals surface area contributed by atoms with E-state index in [4.69, 9.17) is 17.3 Å². The Morgan fingerprint density at radius 3 is 2.78 bits per heavy atom. The Morgan fingerprint density at radius 2 is 2.06 bits per heavy atom. The second-order valence-electron chi connectivity index (χ2n) is 3.76. The minimum atomic E-state index is -1.27. The second kappa shape index (κ2) is 3.54. The lowest BCUT2D eigenvalue weighted by Gasteiger charge is -2.03. The van der Waals surface area contributed by atoms with Gasteiger partial charge in [-0.25, -0.2) is 13.8 Å². The normalized spacial score (nSPS) is 11.1. The van der Waals surface area contributed by atoms with E-state index < -0.39 is 11.5 Å². The molecule has 0 spiro atoms. The molecule has 0 unspecified atom stereocenters. The summed E-state index contributed by atoms with van der Waals surface area (Å²) in [5.74, 6) is -1.27. The van der Waals surface area contributed by atoms with Crippen LogP contribution >= 0.6 is 12.2 Å². The van der Waals surface area contributed by atoms with E-state index in [2.05, 4.69) is 4.98 Å². The van der Waals surface area contributed by atoms with Gasteiger partial charge in [0.05, 0.1) is 17.2 Å². The predicted octanol–water partition coefficient (Wildman–Crippen LogP) is 1.31. The van der Waals surface area contributed by atoms with Crippen molar-refractivity contribution in [2.45, 2.75) is 0 Å². The third kappa shape index (κ3) is 1.31. The number of aromatic carboxylic acids is 1. The van der Waals surface area contributed by atoms with Crippen LogP contribution in [0, 0.1) is 4.77 Å². The number of nitrogens with one attached hydrogen (secondary N) is 1. The van der Waals surface area contributed by atoms with Gasteiger partial charge < -0.3 is 10.1 Å². The molecule has 3 rings (SSSR count). The fourth-order valence-electron chi connectivity index (χ4n) is 1.91. The average Bonchev–Trinajstić information content (AvgIpc) is 2.69. The number of aromatic nitrogens is 3. The van der Waals surface area contributed by atoms with E-state index in [1.807, 2.05) is 0 Å². The molecule has 0 saturated heterocycles. The van der Waals surface area contributed by atoms with Crippen LogP contribution in [0.3, 0.4) is 0 Å². The topological polar surface area (TPSA) is 79.0 Å². The molecule has 0 aliphatic rings. The van der Waals surface area contributed by atoms with Crippen LogP contribution in [0.15, 0.2) is 35.3 Å². The summed E-state index contributed by atoms with van der Waals surface area (Å²) < 4.78 is 2.83. The molecule has 2 heterocycles. The summed E-state index contributed by atoms with van der Waals surface area (Å²) in [7, 11) is 0. The SMILES string of the molecule is O=C(O)c1cn2c(=S)[nH]c3ccccc3n2c1=O. The van der Waals surface area contributed by atoms with E-state index in [0.717, 1.165) is 0 Å². The van der Waals surface area contributed by atoms with Gasteiger partial charge in [0.1, 0.15) is 5.56 Å². The Morgan fingerprint density at radius 1 is 1.33 bits per heavy atom. The molecule has 0 aliphatic carbocycles. The van der Waals surface area contributed by atoms with Crippen molar-refractivity contribution in [2.75, 3.05) is 0 Å². The van der Waals surface area contributed by atoms with Crippen molar-refractivity contribution in [1.29, 1.82) is 0 Å². The van der Waals surface area contributed by atoms with Crippen molar-refractivity contribution in [3.05, 3.63) is 51.2 Å². The van der Waals surface area contributed by atoms with Crippen LogP contribution in [-0.2, 0) is 0 Å². The molecule has 0 radical (unpaired) electrons. The maximum absolute atomic E-state index is 12.0. The quantitative estimate of drug-likeness (QED) is 0.647. The molecular weight excluding hydrogens is 254 g/mol. The molecule has 0 amide bonds. The molecule has 0 fully saturated rings. The minimum Gasteiger partial charge on any atom is -0.477 e. The molecule has 0 bridgehead atoms. The maximum Gasteiger partial charge on any atom is 0.343 e. The number of fused-ring (bicyclic) bond motifs is 3. The van der Waals surface area contributed by atoms with Gasteiger partial charge in [0.15, 0.2) is 4.77 Å². The molecule has 0 saturated carbocycles. The number of carboxylic acid groups (broad SMARTS) is 1. The smallest absolute Gasteiger partial charge is 0.343 e. The van der Waals surface area contributed by atoms with Crippen LogP contribution in [0.1, 0.15) is 10.4 Å². The predicted molar refractivity (Wildman–Crippen MR) is 66.8 cm³/mol. The highest BCUT2D eigenvalue weighted by atomic mass is 32.1. The molecule has 2 N–H and O–H groups in total. The number of benzene rings is 1. The van der Waals surface area contributed by atoms with Crippen molar-refractivity contribution in [2.24, 2.45) is 0 Å². The highest BCUT2D eigenvalue weighted by Crippen LogP contribution is 2.09. The van der Waals surface area contributed by atoms with Gasteiger partial charge in [0.2, 0.25) is 0 Å². The largest absolute Gasteiger partial charge is 0.477 e. The Labute approximate surface area is 105 Å². The van der Waals surface area contributed by atoms with Gasteiger partial charge in [0, 0.05) is 0 Å². The van der Waals surface area contributed by atoms with E-state index in [0.29, 0.717) is 11.0 Å². The van der Waals surface area contributed by atoms with Crippen LogP contribution < -0.4 is 5.56 Å². The Bertz CT molecular complexity index is 903. The van der Waals surface area contributed by atoms with Gasteiger partial charge >= 0.3 is 5.97 Å². The lowest BCUT2D eigenvalue weighted by molar-refractivity contribution is 0.0695. The number of aromatic amines is 1. The van der Waals surface area contributed by atoms with E-state index >= 15 is 0 Å². The van der Waals surface area contributed by atoms with Crippen LogP contribution in [-0.4, -0.2) is 25.1 Å². The van der Waals surface area contributed by atoms with Crippen LogP contribution in [0.2, 0.25) is 0 Å². The Kier molecular flexibility index (Phi) is 2.11. The first-order valence-corrected chi connectivity index (χ1v) is 5.49. The summed E-state index contributed by atoms with van der Waals surface area (Å²) in [5, 5.41) is 8.96. The molecule has 0 aliphatic heterocycles. The number of para-hydroxylation sites is 2. The second-order valence-corrected chi connectivity index (χ2v) is 4.14. The number of rotatable bonds is 1. The summed E-state index contributed by atoms with van der Waals surface area (Å²) in [4.78, 5) is 25.9. The molecule has 7 heteroatoms. The minimum absolute atomic E-state index is 0.262. The van der Waals surface area contributed by atoms with Crippen LogP contribution in [0.4, 0.5) is 0 Å². The number of H-pyrrole nitrogens is 1. The Hall–Kier alpha value is -2.41. The van der Waals surface area contributed by atoms with Crippen molar-refractivity contribution in [1.82, 2.24) is 14.0 Å². The average molecular weight is 261 g/mol. The summed E-state index contributed by atoms with van der Waals surface area (Å²) in [5.41, 5.74) is 0.338. The maximum atomic E-state index is 12.0. The lowest BCUT2D eigenvalue weighted by Crippen LogP contribution is -2.18. The van der Waals surface area contributed by atoms with Gasteiger partial charge in [-0.05, 0) is 24.4 Å². The Balaban J connectivity index is 2.68. The number of nitrogens with zero attached hydrogens (tertiary/aromatic N) is 2. The fraction of sp³-hybridized carbons (Fsp3) is 0. The zero-order valence-electron chi connectivity index (χ0n) is 8.95. The summed E-state index contributed by atoms with van der Waals surface area (Å²) in [6.07, 6.45) is 1.22. The van der Waals surface area contributed by atoms with Crippen LogP contribution in [0.25, 0.3) is 11.0 Å². The number of hydrogen-bond donors (Lipinski definition) is 2. The van der Waals surface area contributed by atoms with Crippen molar-refractivity contribution >= 4 is 29.2 Å². The third-order valence-corrected chi connectivity index (χ3v) is 2.99. The molecule has 18 heavy (non-hydrogen) atoms. The number of hydrogen-bond acceptors (Lipinski definition) is 3. The number of carboxylic acids is 1. The van der Waals surface area contributed by atoms with Gasteiger partial charge in [-0.1, -0.05) is 12.1 Å². The first-order valence-electron chi connectivity index (χ1n) is 5.08. The van der Waals surface area contributed by atoms with Gasteiger partial charge in [-0.15, -0.1) is 0 Å². The third-order valence-electron chi connectivity index (χ3n) is 2.70. The van der Waals surface area contributed by atoms with E-state index in [-0.39, 0.29) is 10.3 Å². The molecular formula is C11H7N3O3S. The first-order chi connectivity index (χ1) is 8.59. The van der Waals surface area contributed by atoms with Gasteiger partial charge in [-0.3, -0.25) is 4.79 Å². The molecule has 2 aromatic heterocycles. The molecule has 6 nitrogen and oxygen atoms in total. The van der Waals surface area contributed by atoms with Crippen molar-refractivity contribution in [3.63, 3.8) is 0 Å². The molecule has 3 aromatic rings. The van der Waals surface area contributed by atoms with Gasteiger partial charge in [-0.2, -0.15) is 0 Å². The van der Waals surface area contributed by atoms with Crippen molar-refractivity contribution in [3.8, 4) is 0 Å². The zero-order chi connectivity index (χ0) is 12.9. The standard InChI is InChI=1S/C11H7N3O3S/c15-9-6(10(16)17)5-13-11(18)12-7-3-1-2-4-8(7)14(9)13/h1-5H,(H,12,18)(H,16,17). The lowest BCUT2D eigenvalue weighted by atomic mass is 10.3. The molecule has 0 atom stereocenters. The van der Waals surface area contributed by atoms with E-state index in [1.165, 1.54) is 15.2 Å². The van der Waals surface area contributed by atoms with E-state index in [1.54, 1.807) is 24.3 Å². The monoisotopic (exact) mass is 261 g/mol. The molecule has 1 aromatic carbocycles. The van der Waals surface area contributed by atoms with Crippen molar-refractivity contribution < 1.29 is 9.90 Å².